The standard InChI is InChI=1S/C21H20Cl2N4O3/c1-21(2,3)17-11-18(27-30-17)26-20(29)25-16-6-4-15(5-7-16)24-19(28)12-8-13(22)10-14(23)9-12/h4-11H,1-3H3,(H,24,28)(H2,25,26,27,29). The van der Waals surface area contributed by atoms with Crippen LogP contribution in [0.2, 0.25) is 10.0 Å². The van der Waals surface area contributed by atoms with Gasteiger partial charge in [-0.1, -0.05) is 49.1 Å². The van der Waals surface area contributed by atoms with E-state index in [1.54, 1.807) is 36.4 Å². The number of aromatic nitrogens is 1. The summed E-state index contributed by atoms with van der Waals surface area (Å²) >= 11 is 11.9. The van der Waals surface area contributed by atoms with Crippen molar-refractivity contribution >= 4 is 52.3 Å². The lowest BCUT2D eigenvalue weighted by molar-refractivity contribution is 0.102. The van der Waals surface area contributed by atoms with Gasteiger partial charge in [0, 0.05) is 38.5 Å². The van der Waals surface area contributed by atoms with Gasteiger partial charge in [0.2, 0.25) is 0 Å². The van der Waals surface area contributed by atoms with E-state index in [0.717, 1.165) is 0 Å². The van der Waals surface area contributed by atoms with Gasteiger partial charge in [0.1, 0.15) is 5.76 Å². The molecule has 156 valence electrons. The molecule has 0 radical (unpaired) electrons. The average molecular weight is 447 g/mol. The molecule has 0 saturated carbocycles. The molecule has 0 unspecified atom stereocenters. The molecular weight excluding hydrogens is 427 g/mol. The maximum absolute atomic E-state index is 12.3. The van der Waals surface area contributed by atoms with Gasteiger partial charge < -0.3 is 15.2 Å². The van der Waals surface area contributed by atoms with Gasteiger partial charge in [0.15, 0.2) is 5.82 Å². The van der Waals surface area contributed by atoms with Crippen LogP contribution in [0.5, 0.6) is 0 Å². The fraction of sp³-hybridized carbons (Fsp3) is 0.190. The first kappa shape index (κ1) is 21.7. The summed E-state index contributed by atoms with van der Waals surface area (Å²) in [6.45, 7) is 5.95. The minimum absolute atomic E-state index is 0.208. The Morgan fingerprint density at radius 3 is 1.97 bits per heavy atom. The van der Waals surface area contributed by atoms with E-state index in [1.807, 2.05) is 20.8 Å². The summed E-state index contributed by atoms with van der Waals surface area (Å²) in [5.74, 6) is 0.638. The molecule has 1 aromatic heterocycles. The molecule has 3 N–H and O–H groups in total. The first-order valence-electron chi connectivity index (χ1n) is 9.03. The first-order valence-corrected chi connectivity index (χ1v) is 9.78. The lowest BCUT2D eigenvalue weighted by Crippen LogP contribution is -2.19. The molecule has 0 spiro atoms. The molecule has 0 bridgehead atoms. The number of hydrogen-bond donors (Lipinski definition) is 3. The van der Waals surface area contributed by atoms with Gasteiger partial charge in [-0.05, 0) is 42.5 Å². The number of halogens is 2. The van der Waals surface area contributed by atoms with E-state index in [0.29, 0.717) is 38.6 Å². The van der Waals surface area contributed by atoms with E-state index in [2.05, 4.69) is 21.1 Å². The molecule has 2 aromatic carbocycles. The van der Waals surface area contributed by atoms with Gasteiger partial charge in [-0.15, -0.1) is 0 Å². The minimum Gasteiger partial charge on any atom is -0.359 e. The molecule has 1 heterocycles. The smallest absolute Gasteiger partial charge is 0.324 e. The second-order valence-corrected chi connectivity index (χ2v) is 8.47. The predicted octanol–water partition coefficient (Wildman–Crippen LogP) is 6.18. The van der Waals surface area contributed by atoms with Crippen LogP contribution in [-0.4, -0.2) is 17.1 Å². The summed E-state index contributed by atoms with van der Waals surface area (Å²) in [7, 11) is 0. The van der Waals surface area contributed by atoms with E-state index < -0.39 is 6.03 Å². The number of nitrogens with zero attached hydrogens (tertiary/aromatic N) is 1. The van der Waals surface area contributed by atoms with Crippen molar-refractivity contribution in [1.82, 2.24) is 5.16 Å². The Bertz CT molecular complexity index is 1050. The molecule has 0 aliphatic carbocycles. The Labute approximate surface area is 183 Å². The summed E-state index contributed by atoms with van der Waals surface area (Å²) in [4.78, 5) is 24.5. The maximum Gasteiger partial charge on any atom is 0.324 e. The highest BCUT2D eigenvalue weighted by atomic mass is 35.5. The van der Waals surface area contributed by atoms with Crippen molar-refractivity contribution in [2.75, 3.05) is 16.0 Å². The summed E-state index contributed by atoms with van der Waals surface area (Å²) in [6, 6.07) is 12.5. The van der Waals surface area contributed by atoms with Crippen LogP contribution in [0.15, 0.2) is 53.1 Å². The second kappa shape index (κ2) is 8.77. The molecule has 0 aliphatic heterocycles. The molecule has 0 saturated heterocycles. The van der Waals surface area contributed by atoms with E-state index in [4.69, 9.17) is 27.7 Å². The third kappa shape index (κ3) is 5.75. The zero-order valence-electron chi connectivity index (χ0n) is 16.5. The molecule has 0 aliphatic rings. The molecule has 0 atom stereocenters. The lowest BCUT2D eigenvalue weighted by atomic mass is 9.93. The summed E-state index contributed by atoms with van der Waals surface area (Å²) in [5.41, 5.74) is 1.22. The largest absolute Gasteiger partial charge is 0.359 e. The monoisotopic (exact) mass is 446 g/mol. The van der Waals surface area contributed by atoms with Crippen LogP contribution in [0.3, 0.4) is 0 Å². The predicted molar refractivity (Wildman–Crippen MR) is 119 cm³/mol. The molecule has 3 aromatic rings. The number of hydrogen-bond acceptors (Lipinski definition) is 4. The highest BCUT2D eigenvalue weighted by Crippen LogP contribution is 2.24. The van der Waals surface area contributed by atoms with Crippen LogP contribution in [0.4, 0.5) is 22.0 Å². The van der Waals surface area contributed by atoms with Gasteiger partial charge in [-0.3, -0.25) is 10.1 Å². The first-order chi connectivity index (χ1) is 14.1. The molecule has 3 rings (SSSR count). The Morgan fingerprint density at radius 2 is 1.43 bits per heavy atom. The number of carbonyl (C=O) groups excluding carboxylic acids is 2. The SMILES string of the molecule is CC(C)(C)c1cc(NC(=O)Nc2ccc(NC(=O)c3cc(Cl)cc(Cl)c3)cc2)no1. The Balaban J connectivity index is 1.58. The quantitative estimate of drug-likeness (QED) is 0.445. The van der Waals surface area contributed by atoms with Crippen molar-refractivity contribution in [3.63, 3.8) is 0 Å². The highest BCUT2D eigenvalue weighted by Gasteiger charge is 2.20. The highest BCUT2D eigenvalue weighted by molar-refractivity contribution is 6.35. The van der Waals surface area contributed by atoms with Gasteiger partial charge in [-0.25, -0.2) is 4.79 Å². The number of carbonyl (C=O) groups is 2. The van der Waals surface area contributed by atoms with Crippen molar-refractivity contribution in [1.29, 1.82) is 0 Å². The van der Waals surface area contributed by atoms with Crippen molar-refractivity contribution in [2.24, 2.45) is 0 Å². The second-order valence-electron chi connectivity index (χ2n) is 7.60. The van der Waals surface area contributed by atoms with Crippen molar-refractivity contribution in [2.45, 2.75) is 26.2 Å². The molecule has 9 heteroatoms. The zero-order chi connectivity index (χ0) is 21.9. The summed E-state index contributed by atoms with van der Waals surface area (Å²) in [5, 5.41) is 12.6. The number of rotatable bonds is 4. The van der Waals surface area contributed by atoms with Crippen LogP contribution in [0, 0.1) is 0 Å². The number of nitrogens with one attached hydrogen (secondary N) is 3. The number of anilines is 3. The average Bonchev–Trinajstić information content (AvgIpc) is 3.11. The van der Waals surface area contributed by atoms with Gasteiger partial charge in [0.05, 0.1) is 0 Å². The van der Waals surface area contributed by atoms with Crippen LogP contribution in [0.1, 0.15) is 36.9 Å². The Kier molecular flexibility index (Phi) is 6.34. The number of urea groups is 1. The van der Waals surface area contributed by atoms with E-state index >= 15 is 0 Å². The third-order valence-corrected chi connectivity index (χ3v) is 4.45. The van der Waals surface area contributed by atoms with Crippen molar-refractivity contribution in [3.05, 3.63) is 69.9 Å². The van der Waals surface area contributed by atoms with Gasteiger partial charge >= 0.3 is 6.03 Å². The molecular formula is C21H20Cl2N4O3. The van der Waals surface area contributed by atoms with E-state index in [9.17, 15) is 9.59 Å². The van der Waals surface area contributed by atoms with Crippen LogP contribution >= 0.6 is 23.2 Å². The topological polar surface area (TPSA) is 96.3 Å². The molecule has 7 nitrogen and oxygen atoms in total. The maximum atomic E-state index is 12.3. The Hall–Kier alpha value is -3.03. The normalized spacial score (nSPS) is 11.1. The number of amides is 3. The fourth-order valence-electron chi connectivity index (χ4n) is 2.49. The fourth-order valence-corrected chi connectivity index (χ4v) is 3.02. The van der Waals surface area contributed by atoms with Crippen molar-refractivity contribution < 1.29 is 14.1 Å². The molecule has 3 amide bonds. The van der Waals surface area contributed by atoms with Crippen LogP contribution < -0.4 is 16.0 Å². The Morgan fingerprint density at radius 1 is 0.867 bits per heavy atom. The van der Waals surface area contributed by atoms with E-state index in [-0.39, 0.29) is 11.3 Å². The van der Waals surface area contributed by atoms with Gasteiger partial charge in [0.25, 0.3) is 5.91 Å². The number of benzene rings is 2. The summed E-state index contributed by atoms with van der Waals surface area (Å²) in [6.07, 6.45) is 0. The molecule has 30 heavy (non-hydrogen) atoms. The summed E-state index contributed by atoms with van der Waals surface area (Å²) < 4.78 is 5.23. The van der Waals surface area contributed by atoms with Crippen molar-refractivity contribution in [3.8, 4) is 0 Å². The van der Waals surface area contributed by atoms with E-state index in [1.165, 1.54) is 12.1 Å². The molecule has 0 fully saturated rings. The van der Waals surface area contributed by atoms with Crippen LogP contribution in [-0.2, 0) is 5.41 Å². The lowest BCUT2D eigenvalue weighted by Gasteiger charge is -2.12. The minimum atomic E-state index is -0.464. The third-order valence-electron chi connectivity index (χ3n) is 4.02. The van der Waals surface area contributed by atoms with Crippen LogP contribution in [0.25, 0.3) is 0 Å². The van der Waals surface area contributed by atoms with Gasteiger partial charge in [-0.2, -0.15) is 0 Å². The zero-order valence-corrected chi connectivity index (χ0v) is 18.1.